The molecule has 4 fully saturated rings. The maximum atomic E-state index is 12.3. The summed E-state index contributed by atoms with van der Waals surface area (Å²) >= 11 is 0. The number of likely N-dealkylation sites (tertiary alicyclic amines) is 2. The molecule has 0 unspecified atom stereocenters. The summed E-state index contributed by atoms with van der Waals surface area (Å²) in [6.45, 7) is 5.06. The van der Waals surface area contributed by atoms with Gasteiger partial charge in [0.05, 0.1) is 24.9 Å². The van der Waals surface area contributed by atoms with Crippen LogP contribution in [0.1, 0.15) is 72.9 Å². The molecule has 4 heterocycles. The van der Waals surface area contributed by atoms with E-state index in [2.05, 4.69) is 5.32 Å². The van der Waals surface area contributed by atoms with Gasteiger partial charge < -0.3 is 34.1 Å². The molecule has 4 saturated heterocycles. The number of hydrogen-bond donors (Lipinski definition) is 1. The predicted octanol–water partition coefficient (Wildman–Crippen LogP) is 6.71. The monoisotopic (exact) mass is 657 g/mol. The van der Waals surface area contributed by atoms with Crippen LogP contribution >= 0.6 is 0 Å². The molecule has 0 saturated carbocycles. The average molecular weight is 658 g/mol. The fourth-order valence-corrected chi connectivity index (χ4v) is 6.11. The van der Waals surface area contributed by atoms with E-state index < -0.39 is 0 Å². The lowest BCUT2D eigenvalue weighted by molar-refractivity contribution is -0.136. The molecule has 1 N–H and O–H groups in total. The van der Waals surface area contributed by atoms with E-state index in [0.717, 1.165) is 56.5 Å². The molecule has 0 aliphatic carbocycles. The zero-order chi connectivity index (χ0) is 29.9. The molecular weight excluding hydrogens is 598 g/mol. The Hall–Kier alpha value is -3.47. The Morgan fingerprint density at radius 3 is 1.85 bits per heavy atom. The molecule has 2 amide bonds. The molecule has 2 aromatic rings. The third-order valence-electron chi connectivity index (χ3n) is 8.40. The number of Topliss-reactive ketones (excluding diaryl/α,β-unsaturated/α-hetero) is 1. The van der Waals surface area contributed by atoms with Crippen LogP contribution in [0.4, 0.5) is 9.59 Å². The van der Waals surface area contributed by atoms with E-state index in [9.17, 15) is 14.4 Å². The quantitative estimate of drug-likeness (QED) is 0.387. The van der Waals surface area contributed by atoms with Crippen LogP contribution in [0.5, 0.6) is 0 Å². The first-order chi connectivity index (χ1) is 21.0. The molecule has 10 nitrogen and oxygen atoms in total. The second-order valence-electron chi connectivity index (χ2n) is 11.6. The largest absolute Gasteiger partial charge is 0.445 e. The van der Waals surface area contributed by atoms with Gasteiger partial charge in [-0.15, -0.1) is 0 Å². The summed E-state index contributed by atoms with van der Waals surface area (Å²) in [4.78, 5) is 39.6. The van der Waals surface area contributed by atoms with Gasteiger partial charge in [0.25, 0.3) is 0 Å². The number of amides is 2. The highest BCUT2D eigenvalue weighted by Crippen LogP contribution is 2.27. The van der Waals surface area contributed by atoms with E-state index in [1.807, 2.05) is 60.7 Å². The average Bonchev–Trinajstić information content (AvgIpc) is 3.40. The van der Waals surface area contributed by atoms with Gasteiger partial charge >= 0.3 is 12.2 Å². The summed E-state index contributed by atoms with van der Waals surface area (Å²) in [5.74, 6) is 0.230. The smallest absolute Gasteiger partial charge is 0.410 e. The second-order valence-corrected chi connectivity index (χ2v) is 11.6. The molecule has 0 bridgehead atoms. The Balaban J connectivity index is 0.000000433. The van der Waals surface area contributed by atoms with Crippen LogP contribution in [0.3, 0.4) is 0 Å². The van der Waals surface area contributed by atoms with Gasteiger partial charge in [0.2, 0.25) is 0 Å². The Morgan fingerprint density at radius 1 is 0.745 bits per heavy atom. The molecule has 4 aliphatic rings. The van der Waals surface area contributed by atoms with Gasteiger partial charge in [0.1, 0.15) is 19.8 Å². The molecule has 4 aliphatic heterocycles. The molecule has 4 atom stereocenters. The number of carbonyl (C=O) groups excluding carboxylic acids is 3. The maximum absolute atomic E-state index is 12.3. The lowest BCUT2D eigenvalue weighted by atomic mass is 9.92. The Morgan fingerprint density at radius 2 is 1.28 bits per heavy atom. The first-order valence-corrected chi connectivity index (χ1v) is 15.4. The van der Waals surface area contributed by atoms with Crippen LogP contribution < -0.4 is 5.32 Å². The van der Waals surface area contributed by atoms with E-state index in [0.29, 0.717) is 32.7 Å². The summed E-state index contributed by atoms with van der Waals surface area (Å²) in [7, 11) is 0. The zero-order valence-electron chi connectivity index (χ0n) is 24.7. The van der Waals surface area contributed by atoms with Crippen LogP contribution in [-0.2, 0) is 37.0 Å². The van der Waals surface area contributed by atoms with Gasteiger partial charge in [-0.1, -0.05) is 90.4 Å². The SMILES string of the molecule is C.C.C.C.O=C(OCc1ccccc1)N1CCC[C@H]2OCCN[C@@H]2C1.O=C1CO[C@H]2CCCN(C(=O)OCc3ccccc3)C[C@@H]2C1. The molecule has 6 rings (SSSR count). The number of carbonyl (C=O) groups is 3. The van der Waals surface area contributed by atoms with Gasteiger partial charge in [-0.05, 0) is 36.8 Å². The molecule has 2 aromatic carbocycles. The maximum Gasteiger partial charge on any atom is 0.410 e. The highest BCUT2D eigenvalue weighted by Gasteiger charge is 2.35. The number of fused-ring (bicyclic) bond motifs is 2. The van der Waals surface area contributed by atoms with Crippen molar-refractivity contribution in [2.75, 3.05) is 45.9 Å². The number of hydrogen-bond acceptors (Lipinski definition) is 8. The third kappa shape index (κ3) is 12.6. The van der Waals surface area contributed by atoms with Crippen LogP contribution in [0, 0.1) is 5.92 Å². The Kier molecular flexibility index (Phi) is 18.9. The lowest BCUT2D eigenvalue weighted by Crippen LogP contribution is -2.53. The summed E-state index contributed by atoms with van der Waals surface area (Å²) in [6, 6.07) is 19.6. The highest BCUT2D eigenvalue weighted by molar-refractivity contribution is 5.80. The summed E-state index contributed by atoms with van der Waals surface area (Å²) < 4.78 is 22.2. The molecule has 264 valence electrons. The van der Waals surface area contributed by atoms with Gasteiger partial charge in [0.15, 0.2) is 5.78 Å². The van der Waals surface area contributed by atoms with E-state index in [1.165, 1.54) is 0 Å². The minimum absolute atomic E-state index is 0. The van der Waals surface area contributed by atoms with Crippen LogP contribution in [0.25, 0.3) is 0 Å². The molecule has 0 aromatic heterocycles. The normalized spacial score (nSPS) is 23.4. The zero-order valence-corrected chi connectivity index (χ0v) is 24.7. The topological polar surface area (TPSA) is 107 Å². The number of nitrogens with zero attached hydrogens (tertiary/aromatic N) is 2. The fourth-order valence-electron chi connectivity index (χ4n) is 6.11. The van der Waals surface area contributed by atoms with Crippen LogP contribution in [-0.4, -0.2) is 92.0 Å². The Labute approximate surface area is 283 Å². The molecule has 0 spiro atoms. The molecular formula is C37H59N3O7. The minimum Gasteiger partial charge on any atom is -0.445 e. The van der Waals surface area contributed by atoms with Crippen molar-refractivity contribution in [3.8, 4) is 0 Å². The summed E-state index contributed by atoms with van der Waals surface area (Å²) in [5, 5.41) is 3.45. The number of rotatable bonds is 4. The van der Waals surface area contributed by atoms with Crippen molar-refractivity contribution < 1.29 is 33.3 Å². The van der Waals surface area contributed by atoms with Crippen molar-refractivity contribution in [2.24, 2.45) is 5.92 Å². The molecule has 10 heteroatoms. The molecule has 47 heavy (non-hydrogen) atoms. The number of benzene rings is 2. The van der Waals surface area contributed by atoms with Gasteiger partial charge in [-0.3, -0.25) is 4.79 Å². The minimum atomic E-state index is -0.303. The van der Waals surface area contributed by atoms with Crippen molar-refractivity contribution in [1.29, 1.82) is 0 Å². The van der Waals surface area contributed by atoms with Gasteiger partial charge in [-0.25, -0.2) is 9.59 Å². The van der Waals surface area contributed by atoms with Crippen molar-refractivity contribution in [1.82, 2.24) is 15.1 Å². The summed E-state index contributed by atoms with van der Waals surface area (Å²) in [5.41, 5.74) is 1.98. The second kappa shape index (κ2) is 21.4. The number of nitrogens with one attached hydrogen (secondary N) is 1. The number of morpholine rings is 1. The Bertz CT molecular complexity index is 1180. The first kappa shape index (κ1) is 41.6. The summed E-state index contributed by atoms with van der Waals surface area (Å²) in [6.07, 6.45) is 4.05. The highest BCUT2D eigenvalue weighted by atomic mass is 16.6. The van der Waals surface area contributed by atoms with E-state index >= 15 is 0 Å². The van der Waals surface area contributed by atoms with Crippen LogP contribution in [0.15, 0.2) is 60.7 Å². The van der Waals surface area contributed by atoms with Crippen molar-refractivity contribution in [3.63, 3.8) is 0 Å². The predicted molar refractivity (Wildman–Crippen MR) is 186 cm³/mol. The van der Waals surface area contributed by atoms with Crippen LogP contribution in [0.2, 0.25) is 0 Å². The third-order valence-corrected chi connectivity index (χ3v) is 8.40. The fraction of sp³-hybridized carbons (Fsp3) is 0.595. The first-order valence-electron chi connectivity index (χ1n) is 15.4. The van der Waals surface area contributed by atoms with E-state index in [1.54, 1.807) is 9.80 Å². The van der Waals surface area contributed by atoms with Gasteiger partial charge in [-0.2, -0.15) is 0 Å². The molecule has 0 radical (unpaired) electrons. The van der Waals surface area contributed by atoms with Gasteiger partial charge in [0, 0.05) is 45.1 Å². The standard InChI is InChI=1S/C17H21NO4.C16H22N2O3.4CH4/c19-15-9-14-10-18(8-4-7-16(14)21-12-15)17(20)22-11-13-5-2-1-3-6-13;19-16(21-12-13-5-2-1-3-6-13)18-9-4-7-15-14(11-18)17-8-10-20-15;;;;/h1-3,5-6,14,16H,4,7-12H2;1-3,5-6,14-15,17H,4,7-12H2;4*1H4/t14-,16-;14-,15-;;;;/m01..../s1. The van der Waals surface area contributed by atoms with Crippen molar-refractivity contribution in [3.05, 3.63) is 71.8 Å². The van der Waals surface area contributed by atoms with Crippen molar-refractivity contribution >= 4 is 18.0 Å². The van der Waals surface area contributed by atoms with Crippen molar-refractivity contribution in [2.45, 2.75) is 93.3 Å². The lowest BCUT2D eigenvalue weighted by Gasteiger charge is -2.32. The number of ether oxygens (including phenoxy) is 4. The number of ketones is 1. The van der Waals surface area contributed by atoms with E-state index in [4.69, 9.17) is 18.9 Å². The van der Waals surface area contributed by atoms with E-state index in [-0.39, 0.29) is 85.1 Å².